The smallest absolute Gasteiger partial charge is 0.314 e. The average molecular weight is 895 g/mol. The Labute approximate surface area is 362 Å². The number of carbonyl (C=O) groups excluding carboxylic acids is 2. The summed E-state index contributed by atoms with van der Waals surface area (Å²) in [5.41, 5.74) is 2.17. The number of thioether (sulfide) groups is 6. The lowest BCUT2D eigenvalue weighted by atomic mass is 9.82. The van der Waals surface area contributed by atoms with Crippen LogP contribution < -0.4 is 9.47 Å². The zero-order valence-corrected chi connectivity index (χ0v) is 37.2. The maximum absolute atomic E-state index is 13.0. The number of nitrogens with zero attached hydrogens (tertiary/aromatic N) is 2. The van der Waals surface area contributed by atoms with Crippen LogP contribution >= 0.6 is 93.2 Å². The highest BCUT2D eigenvalue weighted by atomic mass is 32.2. The SMILES string of the molecule is O=C(Oc1ccc(SCCSCCSc2nc3ccccc3s2)cc1)C1CCC(C(=O)Oc2ccc(SCCSCCSc3nc4ccccc4s3)cc2)CC1. The Bertz CT molecular complexity index is 1930. The van der Waals surface area contributed by atoms with E-state index in [-0.39, 0.29) is 23.8 Å². The molecule has 0 unspecified atom stereocenters. The van der Waals surface area contributed by atoms with Crippen molar-refractivity contribution in [2.75, 3.05) is 46.0 Å². The third-order valence-corrected chi connectivity index (χ3v) is 18.3. The summed E-state index contributed by atoms with van der Waals surface area (Å²) in [7, 11) is 0. The number of aromatic nitrogens is 2. The second kappa shape index (κ2) is 22.2. The molecule has 0 aliphatic heterocycles. The van der Waals surface area contributed by atoms with Crippen LogP contribution in [0.15, 0.2) is 116 Å². The van der Waals surface area contributed by atoms with Crippen molar-refractivity contribution in [1.82, 2.24) is 9.97 Å². The van der Waals surface area contributed by atoms with Gasteiger partial charge in [0.15, 0.2) is 8.68 Å². The van der Waals surface area contributed by atoms with Gasteiger partial charge in [0.25, 0.3) is 0 Å². The van der Waals surface area contributed by atoms with Crippen LogP contribution in [0.3, 0.4) is 0 Å². The van der Waals surface area contributed by atoms with Gasteiger partial charge in [-0.25, -0.2) is 9.97 Å². The van der Waals surface area contributed by atoms with E-state index in [0.29, 0.717) is 37.2 Å². The van der Waals surface area contributed by atoms with E-state index in [1.807, 2.05) is 131 Å². The van der Waals surface area contributed by atoms with E-state index in [0.717, 1.165) is 65.7 Å². The second-order valence-electron chi connectivity index (χ2n) is 12.8. The number of esters is 2. The Morgan fingerprint density at radius 1 is 0.500 bits per heavy atom. The lowest BCUT2D eigenvalue weighted by Gasteiger charge is -2.25. The highest BCUT2D eigenvalue weighted by Gasteiger charge is 2.32. The zero-order valence-electron chi connectivity index (χ0n) is 30.7. The summed E-state index contributed by atoms with van der Waals surface area (Å²) in [6, 6.07) is 32.2. The Balaban J connectivity index is 0.714. The normalized spacial score (nSPS) is 15.6. The van der Waals surface area contributed by atoms with Crippen LogP contribution in [0.4, 0.5) is 0 Å². The van der Waals surface area contributed by atoms with Crippen LogP contribution in [0.5, 0.6) is 11.5 Å². The minimum Gasteiger partial charge on any atom is -0.426 e. The molecule has 4 aromatic carbocycles. The number of hydrogen-bond acceptors (Lipinski definition) is 14. The first-order valence-electron chi connectivity index (χ1n) is 18.6. The largest absolute Gasteiger partial charge is 0.426 e. The molecule has 6 nitrogen and oxygen atoms in total. The van der Waals surface area contributed by atoms with Crippen LogP contribution in [0.1, 0.15) is 25.7 Å². The predicted molar refractivity (Wildman–Crippen MR) is 246 cm³/mol. The van der Waals surface area contributed by atoms with Gasteiger partial charge in [0, 0.05) is 55.8 Å². The van der Waals surface area contributed by atoms with Crippen molar-refractivity contribution in [3.05, 3.63) is 97.1 Å². The van der Waals surface area contributed by atoms with Gasteiger partial charge in [0.05, 0.1) is 32.3 Å². The fourth-order valence-corrected chi connectivity index (χ4v) is 14.3. The van der Waals surface area contributed by atoms with Gasteiger partial charge in [-0.15, -0.1) is 46.2 Å². The molecule has 0 bridgehead atoms. The minimum absolute atomic E-state index is 0.204. The Kier molecular flexibility index (Phi) is 16.6. The fourth-order valence-electron chi connectivity index (χ4n) is 6.01. The van der Waals surface area contributed by atoms with Crippen molar-refractivity contribution < 1.29 is 19.1 Å². The number of thiazole rings is 2. The Morgan fingerprint density at radius 3 is 1.27 bits per heavy atom. The number of rotatable bonds is 20. The molecule has 0 radical (unpaired) electrons. The summed E-state index contributed by atoms with van der Waals surface area (Å²) in [4.78, 5) is 37.6. The standard InChI is InChI=1S/C42H42N2O4S8/c45-39(47-31-13-17-33(18-14-31)51-25-21-49-23-27-53-41-43-35-5-1-3-7-37(35)55-41)29-9-11-30(12-10-29)40(46)48-32-15-19-34(20-16-32)52-26-22-50-24-28-54-42-44-36-6-2-4-8-38(36)56-42/h1-8,13-20,29-30H,9-12,21-28H2. The lowest BCUT2D eigenvalue weighted by molar-refractivity contribution is -0.145. The molecule has 1 aliphatic carbocycles. The molecule has 0 saturated heterocycles. The maximum Gasteiger partial charge on any atom is 0.314 e. The maximum atomic E-state index is 13.0. The third kappa shape index (κ3) is 12.8. The van der Waals surface area contributed by atoms with Crippen LogP contribution in [-0.2, 0) is 9.59 Å². The summed E-state index contributed by atoms with van der Waals surface area (Å²) >= 11 is 14.8. The van der Waals surface area contributed by atoms with Gasteiger partial charge in [-0.3, -0.25) is 9.59 Å². The van der Waals surface area contributed by atoms with Gasteiger partial charge >= 0.3 is 11.9 Å². The molecular weight excluding hydrogens is 853 g/mol. The first-order chi connectivity index (χ1) is 27.6. The molecule has 2 aromatic heterocycles. The van der Waals surface area contributed by atoms with Gasteiger partial charge in [-0.1, -0.05) is 47.8 Å². The van der Waals surface area contributed by atoms with E-state index < -0.39 is 0 Å². The fraction of sp³-hybridized carbons (Fsp3) is 0.333. The predicted octanol–water partition coefficient (Wildman–Crippen LogP) is 12.5. The van der Waals surface area contributed by atoms with Crippen molar-refractivity contribution in [2.24, 2.45) is 11.8 Å². The third-order valence-electron chi connectivity index (χ3n) is 8.93. The van der Waals surface area contributed by atoms with Crippen LogP contribution in [0, 0.1) is 11.8 Å². The van der Waals surface area contributed by atoms with E-state index in [9.17, 15) is 9.59 Å². The zero-order chi connectivity index (χ0) is 38.4. The van der Waals surface area contributed by atoms with Gasteiger partial charge in [0.1, 0.15) is 11.5 Å². The molecule has 1 saturated carbocycles. The highest BCUT2D eigenvalue weighted by molar-refractivity contribution is 8.05. The first-order valence-corrected chi connectivity index (χ1v) is 26.5. The minimum atomic E-state index is -0.216. The number of fused-ring (bicyclic) bond motifs is 2. The summed E-state index contributed by atoms with van der Waals surface area (Å²) in [6.07, 6.45) is 2.49. The second-order valence-corrected chi connectivity index (χ2v) is 22.4. The first kappa shape index (κ1) is 41.8. The average Bonchev–Trinajstić information content (AvgIpc) is 3.85. The van der Waals surface area contributed by atoms with Crippen molar-refractivity contribution in [3.8, 4) is 11.5 Å². The molecule has 14 heteroatoms. The molecule has 0 N–H and O–H groups in total. The van der Waals surface area contributed by atoms with Gasteiger partial charge in [-0.2, -0.15) is 23.5 Å². The highest BCUT2D eigenvalue weighted by Crippen LogP contribution is 2.34. The summed E-state index contributed by atoms with van der Waals surface area (Å²) < 4.78 is 16.3. The molecule has 2 heterocycles. The Hall–Kier alpha value is -2.30. The van der Waals surface area contributed by atoms with Crippen LogP contribution in [0.2, 0.25) is 0 Å². The van der Waals surface area contributed by atoms with Crippen LogP contribution in [-0.4, -0.2) is 67.9 Å². The van der Waals surface area contributed by atoms with E-state index in [1.54, 1.807) is 22.7 Å². The molecule has 1 aliphatic rings. The summed E-state index contributed by atoms with van der Waals surface area (Å²) in [5, 5.41) is 0. The van der Waals surface area contributed by atoms with Gasteiger partial charge in [-0.05, 0) is 98.5 Å². The molecule has 0 amide bonds. The van der Waals surface area contributed by atoms with Gasteiger partial charge in [0.2, 0.25) is 0 Å². The number of ether oxygens (including phenoxy) is 2. The van der Waals surface area contributed by atoms with E-state index in [2.05, 4.69) is 36.4 Å². The number of hydrogen-bond donors (Lipinski definition) is 0. The molecule has 0 spiro atoms. The van der Waals surface area contributed by atoms with Crippen LogP contribution in [0.25, 0.3) is 20.4 Å². The number of para-hydroxylation sites is 2. The summed E-state index contributed by atoms with van der Waals surface area (Å²) in [5.74, 6) is 8.82. The number of carbonyl (C=O) groups is 2. The van der Waals surface area contributed by atoms with Crippen molar-refractivity contribution in [2.45, 2.75) is 44.2 Å². The molecule has 6 aromatic rings. The van der Waals surface area contributed by atoms with E-state index >= 15 is 0 Å². The topological polar surface area (TPSA) is 78.4 Å². The monoisotopic (exact) mass is 894 g/mol. The van der Waals surface area contributed by atoms with E-state index in [4.69, 9.17) is 19.4 Å². The summed E-state index contributed by atoms with van der Waals surface area (Å²) in [6.45, 7) is 0. The molecular formula is C42H42N2O4S8. The molecule has 0 atom stereocenters. The quantitative estimate of drug-likeness (QED) is 0.0317. The molecule has 292 valence electrons. The molecule has 7 rings (SSSR count). The number of benzene rings is 4. The van der Waals surface area contributed by atoms with Crippen molar-refractivity contribution in [3.63, 3.8) is 0 Å². The lowest BCUT2D eigenvalue weighted by Crippen LogP contribution is -2.30. The van der Waals surface area contributed by atoms with E-state index in [1.165, 1.54) is 19.2 Å². The Morgan fingerprint density at radius 2 is 0.875 bits per heavy atom. The van der Waals surface area contributed by atoms with Crippen molar-refractivity contribution >= 4 is 126 Å². The van der Waals surface area contributed by atoms with Crippen molar-refractivity contribution in [1.29, 1.82) is 0 Å². The van der Waals surface area contributed by atoms with Gasteiger partial charge < -0.3 is 9.47 Å². The molecule has 1 fully saturated rings. The molecule has 56 heavy (non-hydrogen) atoms.